The Morgan fingerprint density at radius 1 is 1.22 bits per heavy atom. The van der Waals surface area contributed by atoms with Crippen molar-refractivity contribution in [2.24, 2.45) is 0 Å². The van der Waals surface area contributed by atoms with E-state index in [9.17, 15) is 9.90 Å². The molecule has 1 aliphatic carbocycles. The van der Waals surface area contributed by atoms with E-state index in [-0.39, 0.29) is 17.9 Å². The van der Waals surface area contributed by atoms with Crippen molar-refractivity contribution < 1.29 is 19.4 Å². The Labute approximate surface area is 164 Å². The summed E-state index contributed by atoms with van der Waals surface area (Å²) in [5, 5.41) is 12.9. The highest BCUT2D eigenvalue weighted by molar-refractivity contribution is 7.12. The summed E-state index contributed by atoms with van der Waals surface area (Å²) in [6.07, 6.45) is 3.98. The number of aliphatic hydroxyl groups excluding tert-OH is 1. The number of rotatable bonds is 8. The zero-order chi connectivity index (χ0) is 19.3. The normalized spacial score (nSPS) is 16.7. The van der Waals surface area contributed by atoms with E-state index >= 15 is 0 Å². The number of thiophene rings is 1. The van der Waals surface area contributed by atoms with Crippen LogP contribution in [0.2, 0.25) is 0 Å². The molecule has 1 fully saturated rings. The fourth-order valence-corrected chi connectivity index (χ4v) is 4.81. The summed E-state index contributed by atoms with van der Waals surface area (Å²) < 4.78 is 10.9. The molecule has 0 radical (unpaired) electrons. The Morgan fingerprint density at radius 3 is 2.56 bits per heavy atom. The fraction of sp³-hybridized carbons (Fsp3) is 0.476. The van der Waals surface area contributed by atoms with Crippen molar-refractivity contribution in [2.45, 2.75) is 44.1 Å². The van der Waals surface area contributed by atoms with Crippen molar-refractivity contribution in [2.75, 3.05) is 20.3 Å². The first-order valence-electron chi connectivity index (χ1n) is 9.35. The minimum absolute atomic E-state index is 0.0299. The molecule has 1 atom stereocenters. The van der Waals surface area contributed by atoms with Gasteiger partial charge in [0.1, 0.15) is 0 Å². The molecular weight excluding hydrogens is 362 g/mol. The van der Waals surface area contributed by atoms with Crippen LogP contribution in [0, 0.1) is 0 Å². The molecule has 1 saturated carbocycles. The fourth-order valence-electron chi connectivity index (χ4n) is 3.62. The van der Waals surface area contributed by atoms with Gasteiger partial charge in [-0.15, -0.1) is 11.3 Å². The van der Waals surface area contributed by atoms with E-state index < -0.39 is 6.10 Å². The quantitative estimate of drug-likeness (QED) is 0.720. The molecule has 0 saturated heterocycles. The minimum atomic E-state index is -0.453. The van der Waals surface area contributed by atoms with E-state index in [0.717, 1.165) is 30.6 Å². The molecule has 3 rings (SSSR count). The van der Waals surface area contributed by atoms with Crippen molar-refractivity contribution in [3.05, 3.63) is 46.2 Å². The molecule has 1 aromatic carbocycles. The predicted molar refractivity (Wildman–Crippen MR) is 107 cm³/mol. The van der Waals surface area contributed by atoms with E-state index in [4.69, 9.17) is 9.47 Å². The lowest BCUT2D eigenvalue weighted by Crippen LogP contribution is -2.40. The number of carbonyl (C=O) groups is 1. The van der Waals surface area contributed by atoms with Crippen LogP contribution in [0.15, 0.2) is 36.4 Å². The predicted octanol–water partition coefficient (Wildman–Crippen LogP) is 3.82. The first-order valence-corrected chi connectivity index (χ1v) is 10.2. The summed E-state index contributed by atoms with van der Waals surface area (Å²) in [5.74, 6) is 1.03. The summed E-state index contributed by atoms with van der Waals surface area (Å²) in [6.45, 7) is 2.34. The molecule has 1 aromatic heterocycles. The number of nitrogens with one attached hydrogen (secondary N) is 1. The minimum Gasteiger partial charge on any atom is -0.493 e. The molecule has 2 N–H and O–H groups in total. The molecule has 146 valence electrons. The molecule has 27 heavy (non-hydrogen) atoms. The standard InChI is InChI=1S/C21H27NO4S/c1-15(23)18-9-10-19(27-18)21(11-5-6-12-21)14-22-20(24)13-26-17-8-4-3-7-16(17)25-2/h3-4,7-10,15,23H,5-6,11-14H2,1-2H3,(H,22,24)/t15-/m0/s1. The second kappa shape index (κ2) is 8.76. The third-order valence-corrected chi connectivity index (χ3v) is 6.68. The van der Waals surface area contributed by atoms with Gasteiger partial charge in [0, 0.05) is 21.7 Å². The number of ether oxygens (including phenoxy) is 2. The maximum Gasteiger partial charge on any atom is 0.257 e. The number of para-hydroxylation sites is 2. The average molecular weight is 390 g/mol. The van der Waals surface area contributed by atoms with Crippen molar-refractivity contribution >= 4 is 17.2 Å². The molecule has 0 aliphatic heterocycles. The van der Waals surface area contributed by atoms with Crippen LogP contribution < -0.4 is 14.8 Å². The maximum absolute atomic E-state index is 12.3. The van der Waals surface area contributed by atoms with Crippen molar-refractivity contribution in [1.29, 1.82) is 0 Å². The monoisotopic (exact) mass is 389 g/mol. The van der Waals surface area contributed by atoms with Gasteiger partial charge in [-0.1, -0.05) is 25.0 Å². The molecule has 0 spiro atoms. The lowest BCUT2D eigenvalue weighted by molar-refractivity contribution is -0.123. The summed E-state index contributed by atoms with van der Waals surface area (Å²) in [4.78, 5) is 14.6. The lowest BCUT2D eigenvalue weighted by atomic mass is 9.84. The molecule has 6 heteroatoms. The Morgan fingerprint density at radius 2 is 1.93 bits per heavy atom. The van der Waals surface area contributed by atoms with Gasteiger partial charge >= 0.3 is 0 Å². The van der Waals surface area contributed by atoms with Gasteiger partial charge in [0.25, 0.3) is 5.91 Å². The Balaban J connectivity index is 1.60. The van der Waals surface area contributed by atoms with Gasteiger partial charge in [-0.3, -0.25) is 4.79 Å². The van der Waals surface area contributed by atoms with Crippen LogP contribution in [0.5, 0.6) is 11.5 Å². The van der Waals surface area contributed by atoms with Gasteiger partial charge in [-0.25, -0.2) is 0 Å². The third kappa shape index (κ3) is 4.62. The van der Waals surface area contributed by atoms with E-state index in [2.05, 4.69) is 11.4 Å². The van der Waals surface area contributed by atoms with Crippen LogP contribution in [-0.4, -0.2) is 31.3 Å². The molecule has 1 heterocycles. The number of carbonyl (C=O) groups excluding carboxylic acids is 1. The van der Waals surface area contributed by atoms with Crippen LogP contribution in [0.1, 0.15) is 48.5 Å². The van der Waals surface area contributed by atoms with Crippen LogP contribution in [0.3, 0.4) is 0 Å². The zero-order valence-electron chi connectivity index (χ0n) is 15.9. The van der Waals surface area contributed by atoms with Crippen molar-refractivity contribution in [3.8, 4) is 11.5 Å². The third-order valence-electron chi connectivity index (χ3n) is 5.17. The van der Waals surface area contributed by atoms with E-state index in [0.29, 0.717) is 18.0 Å². The first-order chi connectivity index (χ1) is 13.0. The highest BCUT2D eigenvalue weighted by Crippen LogP contribution is 2.44. The molecule has 1 aliphatic rings. The molecule has 0 unspecified atom stereocenters. The summed E-state index contributed by atoms with van der Waals surface area (Å²) in [5.41, 5.74) is -0.0299. The first kappa shape index (κ1) is 19.7. The highest BCUT2D eigenvalue weighted by atomic mass is 32.1. The molecular formula is C21H27NO4S. The summed E-state index contributed by atoms with van der Waals surface area (Å²) >= 11 is 1.65. The van der Waals surface area contributed by atoms with Crippen LogP contribution in [0.25, 0.3) is 0 Å². The van der Waals surface area contributed by atoms with Gasteiger partial charge in [-0.2, -0.15) is 0 Å². The van der Waals surface area contributed by atoms with Crippen molar-refractivity contribution in [3.63, 3.8) is 0 Å². The smallest absolute Gasteiger partial charge is 0.257 e. The van der Waals surface area contributed by atoms with Gasteiger partial charge < -0.3 is 19.9 Å². The second-order valence-electron chi connectivity index (χ2n) is 7.08. The number of benzene rings is 1. The Bertz CT molecular complexity index is 765. The Kier molecular flexibility index (Phi) is 6.39. The molecule has 0 bridgehead atoms. The second-order valence-corrected chi connectivity index (χ2v) is 8.20. The number of hydrogen-bond acceptors (Lipinski definition) is 5. The number of amides is 1. The number of aliphatic hydroxyl groups is 1. The average Bonchev–Trinajstić information content (AvgIpc) is 3.35. The zero-order valence-corrected chi connectivity index (χ0v) is 16.7. The summed E-state index contributed by atoms with van der Waals surface area (Å²) in [7, 11) is 1.58. The molecule has 1 amide bonds. The van der Waals surface area contributed by atoms with E-state index in [1.807, 2.05) is 18.2 Å². The van der Waals surface area contributed by atoms with Crippen LogP contribution in [0.4, 0.5) is 0 Å². The largest absolute Gasteiger partial charge is 0.493 e. The van der Waals surface area contributed by atoms with Gasteiger partial charge in [-0.05, 0) is 44.0 Å². The number of methoxy groups -OCH3 is 1. The topological polar surface area (TPSA) is 67.8 Å². The summed E-state index contributed by atoms with van der Waals surface area (Å²) in [6, 6.07) is 11.4. The van der Waals surface area contributed by atoms with Gasteiger partial charge in [0.15, 0.2) is 18.1 Å². The Hall–Kier alpha value is -2.05. The highest BCUT2D eigenvalue weighted by Gasteiger charge is 2.37. The SMILES string of the molecule is COc1ccccc1OCC(=O)NCC1(c2ccc([C@H](C)O)s2)CCCC1. The molecule has 5 nitrogen and oxygen atoms in total. The van der Waals surface area contributed by atoms with E-state index in [1.54, 1.807) is 37.5 Å². The van der Waals surface area contributed by atoms with Gasteiger partial charge in [0.05, 0.1) is 13.2 Å². The van der Waals surface area contributed by atoms with E-state index in [1.165, 1.54) is 4.88 Å². The van der Waals surface area contributed by atoms with Gasteiger partial charge in [0.2, 0.25) is 0 Å². The van der Waals surface area contributed by atoms with Crippen molar-refractivity contribution in [1.82, 2.24) is 5.32 Å². The van der Waals surface area contributed by atoms with Crippen LogP contribution >= 0.6 is 11.3 Å². The lowest BCUT2D eigenvalue weighted by Gasteiger charge is -2.28. The van der Waals surface area contributed by atoms with Crippen LogP contribution in [-0.2, 0) is 10.2 Å². The molecule has 2 aromatic rings. The number of hydrogen-bond donors (Lipinski definition) is 2. The maximum atomic E-state index is 12.3.